The summed E-state index contributed by atoms with van der Waals surface area (Å²) in [6.45, 7) is 0. The highest BCUT2D eigenvalue weighted by Gasteiger charge is 2.24. The van der Waals surface area contributed by atoms with Crippen molar-refractivity contribution in [2.75, 3.05) is 9.80 Å². The second-order valence-corrected chi connectivity index (χ2v) is 15.1. The van der Waals surface area contributed by atoms with E-state index in [0.29, 0.717) is 0 Å². The lowest BCUT2D eigenvalue weighted by molar-refractivity contribution is 0.633. The number of para-hydroxylation sites is 1. The van der Waals surface area contributed by atoms with Crippen LogP contribution in [0.3, 0.4) is 0 Å². The Hall–Kier alpha value is -7.56. The first-order valence-electron chi connectivity index (χ1n) is 20.0. The smallest absolute Gasteiger partial charge is 0.179 e. The Morgan fingerprint density at radius 3 is 1.47 bits per heavy atom. The van der Waals surface area contributed by atoms with Gasteiger partial charge in [0.1, 0.15) is 11.2 Å². The third-order valence-corrected chi connectivity index (χ3v) is 11.8. The number of benzene rings is 9. The molecule has 12 rings (SSSR count). The van der Waals surface area contributed by atoms with E-state index in [2.05, 4.69) is 204 Å². The second kappa shape index (κ2) is 13.0. The molecule has 2 heterocycles. The van der Waals surface area contributed by atoms with Crippen molar-refractivity contribution in [1.82, 2.24) is 0 Å². The van der Waals surface area contributed by atoms with Crippen LogP contribution in [0.1, 0.15) is 12.8 Å². The van der Waals surface area contributed by atoms with E-state index in [1.54, 1.807) is 0 Å². The highest BCUT2D eigenvalue weighted by atomic mass is 16.4. The molecule has 1 aliphatic rings. The van der Waals surface area contributed by atoms with Crippen molar-refractivity contribution in [2.24, 2.45) is 0 Å². The van der Waals surface area contributed by atoms with E-state index in [1.165, 1.54) is 27.2 Å². The van der Waals surface area contributed by atoms with Crippen LogP contribution in [0.15, 0.2) is 209 Å². The minimum Gasteiger partial charge on any atom is -0.452 e. The number of hydrogen-bond acceptors (Lipinski definition) is 4. The quantitative estimate of drug-likeness (QED) is 0.170. The third kappa shape index (κ3) is 5.01. The van der Waals surface area contributed by atoms with Crippen molar-refractivity contribution < 1.29 is 8.83 Å². The molecule has 0 radical (unpaired) electrons. The van der Waals surface area contributed by atoms with Gasteiger partial charge in [0.25, 0.3) is 0 Å². The molecule has 0 atom stereocenters. The zero-order chi connectivity index (χ0) is 38.2. The fourth-order valence-electron chi connectivity index (χ4n) is 9.27. The average Bonchev–Trinajstić information content (AvgIpc) is 3.87. The van der Waals surface area contributed by atoms with Crippen LogP contribution in [-0.2, 0) is 0 Å². The maximum atomic E-state index is 7.01. The van der Waals surface area contributed by atoms with Gasteiger partial charge in [-0.15, -0.1) is 0 Å². The molecule has 0 unspecified atom stereocenters. The fourth-order valence-corrected chi connectivity index (χ4v) is 9.27. The number of rotatable bonds is 6. The molecule has 9 aromatic carbocycles. The maximum absolute atomic E-state index is 7.01. The molecule has 4 heteroatoms. The molecular weight excluding hydrogens is 709 g/mol. The van der Waals surface area contributed by atoms with Gasteiger partial charge in [0.15, 0.2) is 11.2 Å². The largest absolute Gasteiger partial charge is 0.452 e. The number of allylic oxidation sites excluding steroid dienone is 4. The second-order valence-electron chi connectivity index (χ2n) is 15.1. The van der Waals surface area contributed by atoms with Gasteiger partial charge in [-0.1, -0.05) is 127 Å². The molecule has 4 nitrogen and oxygen atoms in total. The van der Waals surface area contributed by atoms with E-state index in [9.17, 15) is 0 Å². The van der Waals surface area contributed by atoms with Crippen LogP contribution < -0.4 is 9.80 Å². The van der Waals surface area contributed by atoms with E-state index >= 15 is 0 Å². The summed E-state index contributed by atoms with van der Waals surface area (Å²) in [4.78, 5) is 4.73. The maximum Gasteiger partial charge on any atom is 0.179 e. The van der Waals surface area contributed by atoms with Crippen LogP contribution in [0.2, 0.25) is 0 Å². The molecule has 11 aromatic rings. The summed E-state index contributed by atoms with van der Waals surface area (Å²) in [5.41, 5.74) is 9.85. The van der Waals surface area contributed by atoms with Crippen molar-refractivity contribution in [3.05, 3.63) is 200 Å². The minimum absolute atomic E-state index is 0.765. The Morgan fingerprint density at radius 1 is 0.397 bits per heavy atom. The zero-order valence-electron chi connectivity index (χ0n) is 31.6. The lowest BCUT2D eigenvalue weighted by Crippen LogP contribution is -2.17. The van der Waals surface area contributed by atoms with Gasteiger partial charge in [-0.3, -0.25) is 0 Å². The summed E-state index contributed by atoms with van der Waals surface area (Å²) in [5.74, 6) is 0. The molecule has 0 saturated carbocycles. The van der Waals surface area contributed by atoms with Crippen molar-refractivity contribution in [3.63, 3.8) is 0 Å². The van der Waals surface area contributed by atoms with Gasteiger partial charge in [0.05, 0.1) is 11.4 Å². The van der Waals surface area contributed by atoms with E-state index in [1.807, 2.05) is 0 Å². The molecule has 0 fully saturated rings. The van der Waals surface area contributed by atoms with Crippen molar-refractivity contribution in [3.8, 4) is 0 Å². The summed E-state index contributed by atoms with van der Waals surface area (Å²) in [6, 6.07) is 62.8. The number of nitrogens with zero attached hydrogens (tertiary/aromatic N) is 2. The van der Waals surface area contributed by atoms with Gasteiger partial charge in [-0.25, -0.2) is 0 Å². The topological polar surface area (TPSA) is 32.8 Å². The summed E-state index contributed by atoms with van der Waals surface area (Å²) in [5, 5.41) is 11.4. The monoisotopic (exact) mass is 744 g/mol. The number of anilines is 5. The predicted octanol–water partition coefficient (Wildman–Crippen LogP) is 15.8. The van der Waals surface area contributed by atoms with Crippen molar-refractivity contribution >= 4 is 105 Å². The summed E-state index contributed by atoms with van der Waals surface area (Å²) < 4.78 is 14.0. The summed E-state index contributed by atoms with van der Waals surface area (Å²) in [7, 11) is 0. The summed E-state index contributed by atoms with van der Waals surface area (Å²) >= 11 is 0. The van der Waals surface area contributed by atoms with E-state index < -0.39 is 0 Å². The molecule has 0 saturated heterocycles. The van der Waals surface area contributed by atoms with Gasteiger partial charge in [0.2, 0.25) is 0 Å². The standard InChI is InChI=1S/C54H36N2O2/c1-3-19-37(20-4-1)55(47-27-13-17-35-15-7-9-23-41(35)47)39-29-31-45-49(33-39)57-53-51(45)43-25-11-12-26-44(43)52-46-32-30-40(34-50(46)58-54(52)53)56(38-21-5-2-6-22-38)48-28-14-18-36-16-8-10-24-42(36)48/h1-5,7-21,23-34H,6,22H2. The lowest BCUT2D eigenvalue weighted by atomic mass is 9.98. The van der Waals surface area contributed by atoms with Gasteiger partial charge >= 0.3 is 0 Å². The van der Waals surface area contributed by atoms with Crippen LogP contribution in [-0.4, -0.2) is 0 Å². The Kier molecular flexibility index (Phi) is 7.32. The van der Waals surface area contributed by atoms with E-state index in [4.69, 9.17) is 8.83 Å². The minimum atomic E-state index is 0.765. The van der Waals surface area contributed by atoms with Gasteiger partial charge in [-0.05, 0) is 89.0 Å². The normalized spacial score (nSPS) is 13.1. The highest BCUT2D eigenvalue weighted by molar-refractivity contribution is 6.33. The molecule has 0 bridgehead atoms. The average molecular weight is 745 g/mol. The van der Waals surface area contributed by atoms with E-state index in [0.717, 1.165) is 95.9 Å². The van der Waals surface area contributed by atoms with Gasteiger partial charge in [0, 0.05) is 67.2 Å². The van der Waals surface area contributed by atoms with Gasteiger partial charge < -0.3 is 18.6 Å². The number of furan rings is 2. The molecule has 0 amide bonds. The predicted molar refractivity (Wildman–Crippen MR) is 243 cm³/mol. The first-order valence-corrected chi connectivity index (χ1v) is 20.0. The third-order valence-electron chi connectivity index (χ3n) is 11.8. The molecule has 58 heavy (non-hydrogen) atoms. The molecular formula is C54H36N2O2. The zero-order valence-corrected chi connectivity index (χ0v) is 31.6. The Bertz CT molecular complexity index is 3470. The Balaban J connectivity index is 1.08. The first kappa shape index (κ1) is 32.7. The molecule has 1 aliphatic carbocycles. The fraction of sp³-hybridized carbons (Fsp3) is 0.0370. The molecule has 0 N–H and O–H groups in total. The van der Waals surface area contributed by atoms with Crippen LogP contribution >= 0.6 is 0 Å². The molecule has 0 aliphatic heterocycles. The van der Waals surface area contributed by atoms with Crippen molar-refractivity contribution in [2.45, 2.75) is 12.8 Å². The summed E-state index contributed by atoms with van der Waals surface area (Å²) in [6.07, 6.45) is 8.61. The number of hydrogen-bond donors (Lipinski definition) is 0. The van der Waals surface area contributed by atoms with Crippen LogP contribution in [0.5, 0.6) is 0 Å². The van der Waals surface area contributed by atoms with Gasteiger partial charge in [-0.2, -0.15) is 0 Å². The molecule has 274 valence electrons. The molecule has 2 aromatic heterocycles. The first-order chi connectivity index (χ1) is 28.8. The van der Waals surface area contributed by atoms with Crippen LogP contribution in [0, 0.1) is 0 Å². The van der Waals surface area contributed by atoms with E-state index in [-0.39, 0.29) is 0 Å². The van der Waals surface area contributed by atoms with Crippen LogP contribution in [0.4, 0.5) is 28.4 Å². The van der Waals surface area contributed by atoms with Crippen molar-refractivity contribution in [1.29, 1.82) is 0 Å². The Morgan fingerprint density at radius 2 is 0.897 bits per heavy atom. The SMILES string of the molecule is C1=CCCC(N(c2ccc3c(c2)oc2c4oc5cc(N(c6ccccc6)c6cccc7ccccc67)ccc5c4c4ccccc4c32)c2cccc3ccccc23)=C1. The highest BCUT2D eigenvalue weighted by Crippen LogP contribution is 2.48. The number of fused-ring (bicyclic) bond motifs is 12. The molecule has 0 spiro atoms. The Labute approximate surface area is 334 Å². The van der Waals surface area contributed by atoms with Crippen LogP contribution in [0.25, 0.3) is 76.2 Å². The lowest BCUT2D eigenvalue weighted by Gasteiger charge is -2.30.